The smallest absolute Gasteiger partial charge is 0.287 e. The van der Waals surface area contributed by atoms with Crippen molar-refractivity contribution in [3.63, 3.8) is 0 Å². The quantitative estimate of drug-likeness (QED) is 0.292. The molecule has 0 aliphatic rings. The summed E-state index contributed by atoms with van der Waals surface area (Å²) in [6.07, 6.45) is 1.96. The second-order valence-electron chi connectivity index (χ2n) is 8.04. The highest BCUT2D eigenvalue weighted by Gasteiger charge is 2.25. The summed E-state index contributed by atoms with van der Waals surface area (Å²) in [7, 11) is -3.91. The van der Waals surface area contributed by atoms with Gasteiger partial charge in [-0.05, 0) is 53.6 Å². The van der Waals surface area contributed by atoms with Gasteiger partial charge >= 0.3 is 0 Å². The Morgan fingerprint density at radius 3 is 2.40 bits per heavy atom. The number of hydrogen-bond donors (Lipinski definition) is 2. The SMILES string of the molecule is O=C(NCC(c1ccccc1)c1c[nH]c2ccccc12)c1ccc(S(=O)(=O)c2ccc(Cl)cc2)o1. The van der Waals surface area contributed by atoms with Crippen molar-refractivity contribution in [3.8, 4) is 0 Å². The van der Waals surface area contributed by atoms with Crippen LogP contribution in [0.25, 0.3) is 10.9 Å². The van der Waals surface area contributed by atoms with Gasteiger partial charge in [0.15, 0.2) is 5.76 Å². The highest BCUT2D eigenvalue weighted by Crippen LogP contribution is 2.31. The molecule has 2 heterocycles. The Labute approximate surface area is 207 Å². The van der Waals surface area contributed by atoms with Crippen molar-refractivity contribution in [2.45, 2.75) is 15.9 Å². The highest BCUT2D eigenvalue weighted by atomic mass is 35.5. The van der Waals surface area contributed by atoms with Crippen LogP contribution in [0.4, 0.5) is 0 Å². The average molecular weight is 505 g/mol. The number of amides is 1. The number of para-hydroxylation sites is 1. The molecule has 1 amide bonds. The second kappa shape index (κ2) is 9.44. The molecule has 0 saturated carbocycles. The van der Waals surface area contributed by atoms with Gasteiger partial charge in [0.25, 0.3) is 5.91 Å². The molecule has 0 spiro atoms. The van der Waals surface area contributed by atoms with Gasteiger partial charge in [0.1, 0.15) is 0 Å². The minimum atomic E-state index is -3.91. The molecule has 1 unspecified atom stereocenters. The highest BCUT2D eigenvalue weighted by molar-refractivity contribution is 7.91. The summed E-state index contributed by atoms with van der Waals surface area (Å²) in [5.74, 6) is -0.699. The number of sulfone groups is 1. The van der Waals surface area contributed by atoms with Gasteiger partial charge in [-0.15, -0.1) is 0 Å². The van der Waals surface area contributed by atoms with E-state index in [9.17, 15) is 13.2 Å². The molecule has 1 atom stereocenters. The van der Waals surface area contributed by atoms with E-state index in [1.54, 1.807) is 0 Å². The van der Waals surface area contributed by atoms with Crippen LogP contribution in [0.1, 0.15) is 27.6 Å². The monoisotopic (exact) mass is 504 g/mol. The first-order valence-corrected chi connectivity index (χ1v) is 12.8. The zero-order valence-corrected chi connectivity index (χ0v) is 20.0. The lowest BCUT2D eigenvalue weighted by molar-refractivity contribution is 0.0919. The van der Waals surface area contributed by atoms with Crippen molar-refractivity contribution in [3.05, 3.63) is 119 Å². The lowest BCUT2D eigenvalue weighted by atomic mass is 9.91. The fraction of sp³-hybridized carbons (Fsp3) is 0.0741. The number of halogens is 1. The van der Waals surface area contributed by atoms with Crippen molar-refractivity contribution in [2.75, 3.05) is 6.54 Å². The molecule has 8 heteroatoms. The van der Waals surface area contributed by atoms with Crippen molar-refractivity contribution >= 4 is 38.2 Å². The first-order chi connectivity index (χ1) is 16.9. The van der Waals surface area contributed by atoms with E-state index in [1.807, 2.05) is 60.8 Å². The lowest BCUT2D eigenvalue weighted by Crippen LogP contribution is -2.28. The van der Waals surface area contributed by atoms with Gasteiger partial charge in [0.05, 0.1) is 4.90 Å². The standard InChI is InChI=1S/C27H21ClN2O4S/c28-19-10-12-20(13-11-19)35(32,33)26-15-14-25(34-26)27(31)30-16-22(18-6-2-1-3-7-18)23-17-29-24-9-5-4-8-21(23)24/h1-15,17,22,29H,16H2,(H,30,31). The summed E-state index contributed by atoms with van der Waals surface area (Å²) in [5, 5.41) is 4.10. The summed E-state index contributed by atoms with van der Waals surface area (Å²) in [4.78, 5) is 16.2. The van der Waals surface area contributed by atoms with E-state index < -0.39 is 15.7 Å². The summed E-state index contributed by atoms with van der Waals surface area (Å²) < 4.78 is 31.1. The normalized spacial score (nSPS) is 12.5. The Balaban J connectivity index is 1.38. The minimum Gasteiger partial charge on any atom is -0.439 e. The maximum absolute atomic E-state index is 12.9. The molecule has 0 radical (unpaired) electrons. The Morgan fingerprint density at radius 1 is 0.914 bits per heavy atom. The molecule has 3 aromatic carbocycles. The Bertz CT molecular complexity index is 1590. The van der Waals surface area contributed by atoms with Crippen LogP contribution in [-0.4, -0.2) is 25.9 Å². The number of furan rings is 1. The predicted octanol–water partition coefficient (Wildman–Crippen LogP) is 5.81. The third-order valence-corrected chi connectivity index (χ3v) is 7.75. The fourth-order valence-electron chi connectivity index (χ4n) is 4.07. The zero-order valence-electron chi connectivity index (χ0n) is 18.4. The van der Waals surface area contributed by atoms with Crippen LogP contribution in [-0.2, 0) is 9.84 Å². The van der Waals surface area contributed by atoms with Gasteiger partial charge in [-0.2, -0.15) is 0 Å². The Morgan fingerprint density at radius 2 is 1.63 bits per heavy atom. The molecule has 35 heavy (non-hydrogen) atoms. The Kier molecular flexibility index (Phi) is 6.19. The summed E-state index contributed by atoms with van der Waals surface area (Å²) in [5.41, 5.74) is 3.11. The van der Waals surface area contributed by atoms with Crippen LogP contribution >= 0.6 is 11.6 Å². The number of aromatic nitrogens is 1. The van der Waals surface area contributed by atoms with Crippen molar-refractivity contribution in [2.24, 2.45) is 0 Å². The van der Waals surface area contributed by atoms with Crippen LogP contribution in [0.5, 0.6) is 0 Å². The molecule has 5 aromatic rings. The number of carbonyl (C=O) groups is 1. The van der Waals surface area contributed by atoms with E-state index in [1.165, 1.54) is 36.4 Å². The first-order valence-electron chi connectivity index (χ1n) is 10.9. The second-order valence-corrected chi connectivity index (χ2v) is 10.4. The number of aromatic amines is 1. The third kappa shape index (κ3) is 4.60. The molecule has 2 aromatic heterocycles. The van der Waals surface area contributed by atoms with Crippen molar-refractivity contribution in [1.29, 1.82) is 0 Å². The molecule has 0 aliphatic carbocycles. The lowest BCUT2D eigenvalue weighted by Gasteiger charge is -2.18. The molecule has 0 fully saturated rings. The van der Waals surface area contributed by atoms with Gasteiger partial charge in [-0.3, -0.25) is 4.79 Å². The van der Waals surface area contributed by atoms with Gasteiger partial charge in [-0.25, -0.2) is 8.42 Å². The summed E-state index contributed by atoms with van der Waals surface area (Å²) in [6.45, 7) is 0.296. The summed E-state index contributed by atoms with van der Waals surface area (Å²) in [6, 6.07) is 26.3. The number of carbonyl (C=O) groups excluding carboxylic acids is 1. The van der Waals surface area contributed by atoms with Gasteiger partial charge in [0.2, 0.25) is 14.9 Å². The molecule has 0 saturated heterocycles. The van der Waals surface area contributed by atoms with Crippen LogP contribution in [0, 0.1) is 0 Å². The molecule has 176 valence electrons. The van der Waals surface area contributed by atoms with Crippen LogP contribution in [0.2, 0.25) is 5.02 Å². The molecular weight excluding hydrogens is 484 g/mol. The van der Waals surface area contributed by atoms with Gasteiger partial charge in [-0.1, -0.05) is 60.1 Å². The third-order valence-electron chi connectivity index (χ3n) is 5.86. The van der Waals surface area contributed by atoms with E-state index in [0.717, 1.165) is 22.0 Å². The number of H-pyrrole nitrogens is 1. The van der Waals surface area contributed by atoms with Gasteiger partial charge < -0.3 is 14.7 Å². The number of hydrogen-bond acceptors (Lipinski definition) is 4. The van der Waals surface area contributed by atoms with E-state index in [2.05, 4.69) is 10.3 Å². The first kappa shape index (κ1) is 23.0. The topological polar surface area (TPSA) is 92.2 Å². The molecule has 2 N–H and O–H groups in total. The van der Waals surface area contributed by atoms with Gasteiger partial charge in [0, 0.05) is 34.6 Å². The molecule has 0 aliphatic heterocycles. The van der Waals surface area contributed by atoms with E-state index in [0.29, 0.717) is 11.6 Å². The molecule has 6 nitrogen and oxygen atoms in total. The predicted molar refractivity (Wildman–Crippen MR) is 135 cm³/mol. The number of nitrogens with one attached hydrogen (secondary N) is 2. The van der Waals surface area contributed by atoms with Crippen LogP contribution in [0.3, 0.4) is 0 Å². The number of benzene rings is 3. The molecular formula is C27H21ClN2O4S. The van der Waals surface area contributed by atoms with E-state index in [-0.39, 0.29) is 21.7 Å². The zero-order chi connectivity index (χ0) is 24.4. The van der Waals surface area contributed by atoms with Crippen molar-refractivity contribution < 1.29 is 17.6 Å². The fourth-order valence-corrected chi connectivity index (χ4v) is 5.37. The van der Waals surface area contributed by atoms with E-state index in [4.69, 9.17) is 16.0 Å². The number of rotatable bonds is 7. The average Bonchev–Trinajstić information content (AvgIpc) is 3.54. The number of fused-ring (bicyclic) bond motifs is 1. The molecule has 0 bridgehead atoms. The summed E-state index contributed by atoms with van der Waals surface area (Å²) >= 11 is 5.85. The van der Waals surface area contributed by atoms with Crippen LogP contribution < -0.4 is 5.32 Å². The van der Waals surface area contributed by atoms with E-state index >= 15 is 0 Å². The Hall–Kier alpha value is -3.81. The maximum atomic E-state index is 12.9. The largest absolute Gasteiger partial charge is 0.439 e. The molecule has 5 rings (SSSR count). The maximum Gasteiger partial charge on any atom is 0.287 e. The van der Waals surface area contributed by atoms with Crippen LogP contribution in [0.15, 0.2) is 112 Å². The van der Waals surface area contributed by atoms with Crippen molar-refractivity contribution in [1.82, 2.24) is 10.3 Å². The minimum absolute atomic E-state index is 0.0340.